The maximum absolute atomic E-state index is 12.2. The topological polar surface area (TPSA) is 371 Å². The van der Waals surface area contributed by atoms with Crippen molar-refractivity contribution >= 4 is 117 Å². The molecule has 2 aromatic carbocycles. The predicted octanol–water partition coefficient (Wildman–Crippen LogP) is 6.67. The first-order valence-corrected chi connectivity index (χ1v) is 25.5. The summed E-state index contributed by atoms with van der Waals surface area (Å²) < 4.78 is 79.9. The number of benzene rings is 2. The number of aliphatic hydroxyl groups is 2. The lowest BCUT2D eigenvalue weighted by atomic mass is 10.2. The van der Waals surface area contributed by atoms with Crippen molar-refractivity contribution in [1.29, 1.82) is 10.5 Å². The molecule has 0 unspecified atom stereocenters. The lowest BCUT2D eigenvalue weighted by Crippen LogP contribution is -2.31. The Labute approximate surface area is 415 Å². The number of nitrogens with zero attached hydrogens (tertiary/aromatic N) is 12. The summed E-state index contributed by atoms with van der Waals surface area (Å²) in [5.74, 6) is 0.215. The molecule has 0 aliphatic rings. The van der Waals surface area contributed by atoms with E-state index in [9.17, 15) is 56.3 Å². The quantitative estimate of drug-likeness (QED) is 0.0202. The number of ether oxygens (including phenoxy) is 2. The minimum absolute atomic E-state index is 0.0112. The molecule has 376 valence electrons. The van der Waals surface area contributed by atoms with Gasteiger partial charge in [-0.15, -0.1) is 43.1 Å². The van der Waals surface area contributed by atoms with Crippen molar-refractivity contribution in [2.24, 2.45) is 20.5 Å². The molecule has 0 amide bonds. The van der Waals surface area contributed by atoms with Crippen molar-refractivity contribution in [3.05, 3.63) is 45.1 Å². The van der Waals surface area contributed by atoms with Gasteiger partial charge in [-0.2, -0.15) is 42.3 Å². The number of methoxy groups -OCH3 is 2. The van der Waals surface area contributed by atoms with Gasteiger partial charge in [-0.25, -0.2) is 0 Å². The highest BCUT2D eigenvalue weighted by atomic mass is 32.2. The number of aromatic nitrogens is 3. The van der Waals surface area contributed by atoms with Crippen LogP contribution in [0.15, 0.2) is 54.5 Å². The maximum Gasteiger partial charge on any atom is 0.297 e. The number of nitrogens with one attached hydrogen (secondary N) is 2. The highest BCUT2D eigenvalue weighted by Crippen LogP contribution is 2.45. The molecule has 0 aliphatic heterocycles. The van der Waals surface area contributed by atoms with Gasteiger partial charge in [0.05, 0.1) is 59.9 Å². The van der Waals surface area contributed by atoms with Crippen LogP contribution >= 0.6 is 22.7 Å². The predicted molar refractivity (Wildman–Crippen MR) is 263 cm³/mol. The van der Waals surface area contributed by atoms with E-state index in [4.69, 9.17) is 9.47 Å². The van der Waals surface area contributed by atoms with Crippen LogP contribution in [0.3, 0.4) is 0 Å². The molecule has 26 nitrogen and oxygen atoms in total. The molecule has 30 heteroatoms. The maximum atomic E-state index is 12.2. The van der Waals surface area contributed by atoms with E-state index in [0.29, 0.717) is 71.7 Å². The zero-order chi connectivity index (χ0) is 52.2. The zero-order valence-electron chi connectivity index (χ0n) is 38.7. The molecule has 0 saturated heterocycles. The molecule has 5 aromatic rings. The van der Waals surface area contributed by atoms with Crippen LogP contribution in [-0.4, -0.2) is 130 Å². The average Bonchev–Trinajstić information content (AvgIpc) is 3.92. The molecule has 3 heterocycles. The van der Waals surface area contributed by atoms with Gasteiger partial charge in [0.1, 0.15) is 55.9 Å². The molecule has 6 N–H and O–H groups in total. The van der Waals surface area contributed by atoms with E-state index >= 15 is 0 Å². The number of azo groups is 2. The second-order valence-electron chi connectivity index (χ2n) is 14.2. The number of anilines is 7. The smallest absolute Gasteiger partial charge is 0.297 e. The zero-order valence-corrected chi connectivity index (χ0v) is 41.9. The highest BCUT2D eigenvalue weighted by molar-refractivity contribution is 7.86. The first-order chi connectivity index (χ1) is 33.9. The summed E-state index contributed by atoms with van der Waals surface area (Å²) in [5.41, 5.74) is 0.216. The number of carbonyl (C=O) groups excluding carboxylic acids is 2. The van der Waals surface area contributed by atoms with Gasteiger partial charge in [0.2, 0.25) is 17.8 Å². The molecular formula is C41H46N14O12S4. The minimum Gasteiger partial charge on any atom is -0.494 e. The number of rotatable bonds is 25. The Morgan fingerprint density at radius 3 is 1.32 bits per heavy atom. The normalized spacial score (nSPS) is 11.6. The van der Waals surface area contributed by atoms with Crippen molar-refractivity contribution < 1.29 is 55.2 Å². The Morgan fingerprint density at radius 1 is 0.648 bits per heavy atom. The van der Waals surface area contributed by atoms with Gasteiger partial charge in [0.15, 0.2) is 22.6 Å². The molecule has 0 atom stereocenters. The number of carbonyl (C=O) groups is 2. The number of hydrogen-bond donors (Lipinski definition) is 6. The fourth-order valence-electron chi connectivity index (χ4n) is 6.89. The average molecular weight is 1060 g/mol. The first-order valence-electron chi connectivity index (χ1n) is 21.0. The van der Waals surface area contributed by atoms with Crippen LogP contribution in [0.1, 0.15) is 58.2 Å². The second kappa shape index (κ2) is 24.0. The minimum atomic E-state index is -5.04. The van der Waals surface area contributed by atoms with E-state index in [1.54, 1.807) is 24.3 Å². The standard InChI is InChI=1S/C41H46N14O12S4/c1-7-53(8-2)29-15-25(27(17-31(29)66-5)49-51-37-23(19-42)35(70(60,61)62)33(21-58)68-37)44-39-46-40(48-41(47-39)55(11-13-56)12-14-57)45-26-16-30(54(9-3)10-4)32(67-6)18-28(26)50-52-38-24(20-43)36(71(63,64)65)34(22-59)69-38/h15-18,21-22,56-57H,7-14H2,1-6H3,(H,60,61,62)(H,63,64,65)(H2,44,45,46,47,48). The van der Waals surface area contributed by atoms with Crippen molar-refractivity contribution in [1.82, 2.24) is 15.0 Å². The van der Waals surface area contributed by atoms with Gasteiger partial charge in [0, 0.05) is 51.4 Å². The van der Waals surface area contributed by atoms with E-state index < -0.39 is 50.9 Å². The Balaban J connectivity index is 1.77. The molecule has 71 heavy (non-hydrogen) atoms. The summed E-state index contributed by atoms with van der Waals surface area (Å²) in [6.45, 7) is 8.83. The molecule has 5 rings (SSSR count). The van der Waals surface area contributed by atoms with Gasteiger partial charge in [-0.1, -0.05) is 0 Å². The lowest BCUT2D eigenvalue weighted by Gasteiger charge is -2.25. The molecule has 0 fully saturated rings. The number of thiophene rings is 2. The first kappa shape index (κ1) is 54.6. The summed E-state index contributed by atoms with van der Waals surface area (Å²) in [5, 5.41) is 62.3. The summed E-state index contributed by atoms with van der Waals surface area (Å²) in [4.78, 5) is 40.0. The van der Waals surface area contributed by atoms with E-state index in [1.807, 2.05) is 37.5 Å². The summed E-state index contributed by atoms with van der Waals surface area (Å²) in [6.07, 6.45) is 0.318. The van der Waals surface area contributed by atoms with Crippen molar-refractivity contribution in [2.75, 3.05) is 92.0 Å². The van der Waals surface area contributed by atoms with Crippen molar-refractivity contribution in [2.45, 2.75) is 37.5 Å². The SMILES string of the molecule is CCN(CC)c1cc(Nc2nc(Nc3cc(N(CC)CC)c(OC)cc3N=Nc3sc(C=O)c(S(=O)(=O)O)c3C#N)nc(N(CCO)CCO)n2)c(N=Nc2sc(C=O)c(S(=O)(=O)O)c2C#N)cc1OC. The van der Waals surface area contributed by atoms with E-state index in [2.05, 4.69) is 46.0 Å². The number of aliphatic hydroxyl groups excluding tert-OH is 2. The van der Waals surface area contributed by atoms with Crippen LogP contribution in [0.4, 0.5) is 62.0 Å². The van der Waals surface area contributed by atoms with Crippen LogP contribution in [-0.2, 0) is 20.2 Å². The molecule has 3 aromatic heterocycles. The number of hydrogen-bond acceptors (Lipinski definition) is 26. The third kappa shape index (κ3) is 12.4. The fraction of sp³-hybridized carbons (Fsp3) is 0.341. The van der Waals surface area contributed by atoms with Crippen molar-refractivity contribution in [3.8, 4) is 23.6 Å². The van der Waals surface area contributed by atoms with Crippen LogP contribution in [0.25, 0.3) is 0 Å². The van der Waals surface area contributed by atoms with Gasteiger partial charge < -0.3 is 45.0 Å². The van der Waals surface area contributed by atoms with Crippen LogP contribution < -0.4 is 34.8 Å². The molecule has 0 bridgehead atoms. The molecule has 0 aliphatic carbocycles. The third-order valence-electron chi connectivity index (χ3n) is 10.1. The molecule has 0 spiro atoms. The lowest BCUT2D eigenvalue weighted by molar-refractivity contribution is 0.111. The second-order valence-corrected chi connectivity index (χ2v) is 18.9. The monoisotopic (exact) mass is 1050 g/mol. The summed E-state index contributed by atoms with van der Waals surface area (Å²) in [6, 6.07) is 9.57. The Morgan fingerprint density at radius 2 is 1.03 bits per heavy atom. The summed E-state index contributed by atoms with van der Waals surface area (Å²) in [7, 11) is -7.23. The van der Waals surface area contributed by atoms with Crippen LogP contribution in [0.5, 0.6) is 11.5 Å². The van der Waals surface area contributed by atoms with Gasteiger partial charge in [-0.3, -0.25) is 18.7 Å². The molecular weight excluding hydrogens is 1010 g/mol. The number of aldehydes is 2. The third-order valence-corrected chi connectivity index (χ3v) is 14.3. The van der Waals surface area contributed by atoms with Gasteiger partial charge in [-0.05, 0) is 39.8 Å². The Bertz CT molecular complexity index is 2960. The van der Waals surface area contributed by atoms with E-state index in [0.717, 1.165) is 0 Å². The summed E-state index contributed by atoms with van der Waals surface area (Å²) >= 11 is 1.00. The Kier molecular flexibility index (Phi) is 18.5. The van der Waals surface area contributed by atoms with E-state index in [-0.39, 0.29) is 89.5 Å². The Hall–Kier alpha value is -7.29. The van der Waals surface area contributed by atoms with Crippen molar-refractivity contribution in [3.63, 3.8) is 0 Å². The van der Waals surface area contributed by atoms with Crippen LogP contribution in [0, 0.1) is 22.7 Å². The van der Waals surface area contributed by atoms with Gasteiger partial charge >= 0.3 is 0 Å². The van der Waals surface area contributed by atoms with E-state index in [1.165, 1.54) is 31.3 Å². The van der Waals surface area contributed by atoms with Crippen LogP contribution in [0.2, 0.25) is 0 Å². The number of nitriles is 2. The van der Waals surface area contributed by atoms with Gasteiger partial charge in [0.25, 0.3) is 20.2 Å². The molecule has 0 radical (unpaired) electrons. The molecule has 0 saturated carbocycles. The highest BCUT2D eigenvalue weighted by Gasteiger charge is 2.29. The largest absolute Gasteiger partial charge is 0.494 e. The fourth-order valence-corrected chi connectivity index (χ4v) is 10.9.